The summed E-state index contributed by atoms with van der Waals surface area (Å²) < 4.78 is 12.0. The van der Waals surface area contributed by atoms with Gasteiger partial charge in [0.1, 0.15) is 0 Å². The third-order valence-electron chi connectivity index (χ3n) is 3.72. The van der Waals surface area contributed by atoms with Gasteiger partial charge in [-0.3, -0.25) is 0 Å². The zero-order valence-corrected chi connectivity index (χ0v) is 13.6. The van der Waals surface area contributed by atoms with Crippen LogP contribution in [0.3, 0.4) is 0 Å². The van der Waals surface area contributed by atoms with Crippen LogP contribution in [0.5, 0.6) is 0 Å². The first-order valence-electron chi connectivity index (χ1n) is 8.17. The summed E-state index contributed by atoms with van der Waals surface area (Å²) in [6.45, 7) is 1.07. The first-order chi connectivity index (χ1) is 11.9. The largest absolute Gasteiger partial charge is 0.348 e. The van der Waals surface area contributed by atoms with E-state index in [-0.39, 0.29) is 6.29 Å². The summed E-state index contributed by atoms with van der Waals surface area (Å²) in [7, 11) is 0. The molecule has 3 aromatic rings. The maximum Gasteiger partial charge on any atom is 0.162 e. The summed E-state index contributed by atoms with van der Waals surface area (Å²) in [5, 5.41) is 0. The second kappa shape index (κ2) is 9.02. The molecule has 0 bridgehead atoms. The third kappa shape index (κ3) is 5.34. The van der Waals surface area contributed by atoms with Crippen molar-refractivity contribution in [3.63, 3.8) is 0 Å². The molecule has 121 valence electrons. The first-order valence-corrected chi connectivity index (χ1v) is 8.17. The molecule has 3 rings (SSSR count). The van der Waals surface area contributed by atoms with Gasteiger partial charge in [0.05, 0.1) is 13.2 Å². The Hall–Kier alpha value is -2.42. The van der Waals surface area contributed by atoms with Gasteiger partial charge in [0.2, 0.25) is 0 Å². The summed E-state index contributed by atoms with van der Waals surface area (Å²) in [6.07, 6.45) is 0.379. The highest BCUT2D eigenvalue weighted by Gasteiger charge is 2.11. The minimum Gasteiger partial charge on any atom is -0.348 e. The van der Waals surface area contributed by atoms with E-state index in [4.69, 9.17) is 9.47 Å². The predicted octanol–water partition coefficient (Wildman–Crippen LogP) is 4.79. The molecule has 2 nitrogen and oxygen atoms in total. The van der Waals surface area contributed by atoms with Crippen LogP contribution in [0.25, 0.3) is 0 Å². The normalized spacial score (nSPS) is 10.9. The molecule has 0 fully saturated rings. The van der Waals surface area contributed by atoms with Crippen molar-refractivity contribution in [1.82, 2.24) is 0 Å². The quantitative estimate of drug-likeness (QED) is 0.556. The maximum absolute atomic E-state index is 6.01. The van der Waals surface area contributed by atoms with E-state index in [2.05, 4.69) is 30.3 Å². The third-order valence-corrected chi connectivity index (χ3v) is 3.72. The Kier molecular flexibility index (Phi) is 6.18. The minimum absolute atomic E-state index is 0.302. The van der Waals surface area contributed by atoms with E-state index in [1.165, 1.54) is 0 Å². The number of hydrogen-bond acceptors (Lipinski definition) is 2. The standard InChI is InChI=1S/C22H21O2/c1-4-10-19(11-5-1)16-22(23-17-20-12-6-2-7-13-20)24-18-21-14-8-3-9-15-21/h1-10,12-15,22H,16-18H2. The number of hydrogen-bond donors (Lipinski definition) is 0. The summed E-state index contributed by atoms with van der Waals surface area (Å²) in [6, 6.07) is 31.5. The fourth-order valence-electron chi connectivity index (χ4n) is 2.43. The average Bonchev–Trinajstić information content (AvgIpc) is 2.66. The van der Waals surface area contributed by atoms with Crippen LogP contribution < -0.4 is 0 Å². The highest BCUT2D eigenvalue weighted by Crippen LogP contribution is 2.12. The van der Waals surface area contributed by atoms with Crippen LogP contribution in [0.1, 0.15) is 16.7 Å². The van der Waals surface area contributed by atoms with Crippen LogP contribution in [-0.4, -0.2) is 6.29 Å². The van der Waals surface area contributed by atoms with Crippen LogP contribution in [0.15, 0.2) is 84.9 Å². The summed E-state index contributed by atoms with van der Waals surface area (Å²) in [5.74, 6) is 0. The lowest BCUT2D eigenvalue weighted by atomic mass is 10.1. The molecule has 0 amide bonds. The zero-order chi connectivity index (χ0) is 16.5. The molecule has 0 saturated heterocycles. The van der Waals surface area contributed by atoms with Crippen molar-refractivity contribution in [2.24, 2.45) is 0 Å². The van der Waals surface area contributed by atoms with Crippen molar-refractivity contribution >= 4 is 0 Å². The minimum atomic E-state index is -0.302. The molecule has 0 spiro atoms. The Morgan fingerprint density at radius 2 is 1.21 bits per heavy atom. The molecule has 1 radical (unpaired) electrons. The molecule has 0 aromatic heterocycles. The molecule has 24 heavy (non-hydrogen) atoms. The van der Waals surface area contributed by atoms with Gasteiger partial charge < -0.3 is 9.47 Å². The highest BCUT2D eigenvalue weighted by atomic mass is 16.7. The van der Waals surface area contributed by atoms with Gasteiger partial charge in [-0.15, -0.1) is 0 Å². The van der Waals surface area contributed by atoms with Gasteiger partial charge in [-0.2, -0.15) is 0 Å². The van der Waals surface area contributed by atoms with Crippen molar-refractivity contribution in [2.45, 2.75) is 25.9 Å². The van der Waals surface area contributed by atoms with Gasteiger partial charge in [-0.25, -0.2) is 0 Å². The fraction of sp³-hybridized carbons (Fsp3) is 0.182. The van der Waals surface area contributed by atoms with Crippen LogP contribution in [-0.2, 0) is 29.1 Å². The highest BCUT2D eigenvalue weighted by molar-refractivity contribution is 5.15. The van der Waals surface area contributed by atoms with Gasteiger partial charge in [0.15, 0.2) is 6.29 Å². The molecule has 0 aliphatic rings. The number of benzene rings is 3. The number of rotatable bonds is 8. The Morgan fingerprint density at radius 1 is 0.667 bits per heavy atom. The van der Waals surface area contributed by atoms with E-state index < -0.39 is 0 Å². The lowest BCUT2D eigenvalue weighted by Gasteiger charge is -2.19. The van der Waals surface area contributed by atoms with Crippen molar-refractivity contribution in [3.8, 4) is 0 Å². The van der Waals surface area contributed by atoms with Crippen LogP contribution in [0.2, 0.25) is 0 Å². The van der Waals surface area contributed by atoms with Gasteiger partial charge in [-0.05, 0) is 22.8 Å². The van der Waals surface area contributed by atoms with E-state index in [1.54, 1.807) is 0 Å². The van der Waals surface area contributed by atoms with E-state index in [0.29, 0.717) is 19.6 Å². The van der Waals surface area contributed by atoms with Crippen molar-refractivity contribution in [3.05, 3.63) is 108 Å². The molecule has 0 heterocycles. The second-order valence-electron chi connectivity index (χ2n) is 5.61. The maximum atomic E-state index is 6.01. The van der Waals surface area contributed by atoms with E-state index in [9.17, 15) is 0 Å². The molecule has 0 saturated carbocycles. The SMILES string of the molecule is [c]1ccccc1CC(OCc1ccccc1)OCc1ccccc1. The topological polar surface area (TPSA) is 18.5 Å². The Morgan fingerprint density at radius 3 is 1.71 bits per heavy atom. The smallest absolute Gasteiger partial charge is 0.162 e. The predicted molar refractivity (Wildman–Crippen MR) is 95.2 cm³/mol. The van der Waals surface area contributed by atoms with Gasteiger partial charge >= 0.3 is 0 Å². The molecule has 0 aliphatic carbocycles. The lowest BCUT2D eigenvalue weighted by molar-refractivity contribution is -0.155. The summed E-state index contributed by atoms with van der Waals surface area (Å²) in [5.41, 5.74) is 3.37. The molecular weight excluding hydrogens is 296 g/mol. The van der Waals surface area contributed by atoms with E-state index >= 15 is 0 Å². The summed E-state index contributed by atoms with van der Waals surface area (Å²) in [4.78, 5) is 0. The molecule has 0 atom stereocenters. The Bertz CT molecular complexity index is 652. The molecule has 0 aliphatic heterocycles. The molecule has 0 unspecified atom stereocenters. The van der Waals surface area contributed by atoms with E-state index in [1.807, 2.05) is 60.7 Å². The lowest BCUT2D eigenvalue weighted by Crippen LogP contribution is -2.20. The molecule has 2 heteroatoms. The second-order valence-corrected chi connectivity index (χ2v) is 5.61. The zero-order valence-electron chi connectivity index (χ0n) is 13.6. The van der Waals surface area contributed by atoms with Gasteiger partial charge in [0, 0.05) is 6.42 Å². The Balaban J connectivity index is 1.61. The van der Waals surface area contributed by atoms with Gasteiger partial charge in [-0.1, -0.05) is 84.9 Å². The number of ether oxygens (including phenoxy) is 2. The summed E-state index contributed by atoms with van der Waals surface area (Å²) >= 11 is 0. The van der Waals surface area contributed by atoms with Gasteiger partial charge in [0.25, 0.3) is 0 Å². The van der Waals surface area contributed by atoms with E-state index in [0.717, 1.165) is 16.7 Å². The van der Waals surface area contributed by atoms with Crippen LogP contribution in [0, 0.1) is 6.07 Å². The molecule has 0 N–H and O–H groups in total. The van der Waals surface area contributed by atoms with Crippen molar-refractivity contribution < 1.29 is 9.47 Å². The first kappa shape index (κ1) is 16.4. The van der Waals surface area contributed by atoms with Crippen molar-refractivity contribution in [1.29, 1.82) is 0 Å². The van der Waals surface area contributed by atoms with Crippen molar-refractivity contribution in [2.75, 3.05) is 0 Å². The average molecular weight is 317 g/mol. The monoisotopic (exact) mass is 317 g/mol. The van der Waals surface area contributed by atoms with Crippen LogP contribution >= 0.6 is 0 Å². The molecule has 3 aromatic carbocycles. The molecular formula is C22H21O2. The fourth-order valence-corrected chi connectivity index (χ4v) is 2.43. The Labute approximate surface area is 143 Å². The van der Waals surface area contributed by atoms with Crippen LogP contribution in [0.4, 0.5) is 0 Å².